The largest absolute Gasteiger partial charge is 0.352 e. The Labute approximate surface area is 116 Å². The van der Waals surface area contributed by atoms with Crippen molar-refractivity contribution in [3.05, 3.63) is 71.0 Å². The molecule has 3 heteroatoms. The minimum atomic E-state index is -0.762. The van der Waals surface area contributed by atoms with Gasteiger partial charge in [0.15, 0.2) is 11.4 Å². The van der Waals surface area contributed by atoms with E-state index in [-0.39, 0.29) is 17.7 Å². The molecule has 100 valence electrons. The van der Waals surface area contributed by atoms with E-state index in [1.807, 2.05) is 30.3 Å². The van der Waals surface area contributed by atoms with Crippen molar-refractivity contribution in [1.82, 2.24) is 0 Å². The number of rotatable bonds is 1. The summed E-state index contributed by atoms with van der Waals surface area (Å²) < 4.78 is 19.0. The Hall–Kier alpha value is -2.00. The molecule has 0 radical (unpaired) electrons. The second-order valence-corrected chi connectivity index (χ2v) is 5.43. The van der Waals surface area contributed by atoms with Gasteiger partial charge in [-0.15, -0.1) is 0 Å². The predicted octanol–water partition coefficient (Wildman–Crippen LogP) is 3.46. The van der Waals surface area contributed by atoms with E-state index in [1.165, 1.54) is 12.1 Å². The first kappa shape index (κ1) is 11.8. The fourth-order valence-corrected chi connectivity index (χ4v) is 3.17. The van der Waals surface area contributed by atoms with Crippen molar-refractivity contribution in [3.8, 4) is 0 Å². The molecule has 2 aromatic rings. The Kier molecular flexibility index (Phi) is 2.36. The number of epoxide rings is 1. The van der Waals surface area contributed by atoms with Crippen LogP contribution in [0.25, 0.3) is 0 Å². The molecule has 1 aliphatic heterocycles. The number of hydrogen-bond donors (Lipinski definition) is 0. The van der Waals surface area contributed by atoms with Crippen molar-refractivity contribution in [2.75, 3.05) is 0 Å². The van der Waals surface area contributed by atoms with Crippen LogP contribution in [0.15, 0.2) is 48.5 Å². The zero-order valence-corrected chi connectivity index (χ0v) is 10.8. The van der Waals surface area contributed by atoms with Gasteiger partial charge in [-0.2, -0.15) is 0 Å². The van der Waals surface area contributed by atoms with Gasteiger partial charge in [0.2, 0.25) is 0 Å². The lowest BCUT2D eigenvalue weighted by Gasteiger charge is -2.20. The van der Waals surface area contributed by atoms with E-state index in [2.05, 4.69) is 0 Å². The molecule has 0 bridgehead atoms. The summed E-state index contributed by atoms with van der Waals surface area (Å²) in [5, 5.41) is 0. The molecular weight excluding hydrogens is 255 g/mol. The predicted molar refractivity (Wildman–Crippen MR) is 72.1 cm³/mol. The van der Waals surface area contributed by atoms with Gasteiger partial charge in [-0.1, -0.05) is 36.4 Å². The third kappa shape index (κ3) is 1.56. The lowest BCUT2D eigenvalue weighted by atomic mass is 9.79. The monoisotopic (exact) mass is 268 g/mol. The maximum absolute atomic E-state index is 13.3. The number of Topliss-reactive ketones (excluding diaryl/α,β-unsaturated/α-hetero) is 1. The van der Waals surface area contributed by atoms with Crippen molar-refractivity contribution in [2.24, 2.45) is 0 Å². The molecule has 2 aromatic carbocycles. The van der Waals surface area contributed by atoms with Crippen LogP contribution in [0, 0.1) is 5.82 Å². The summed E-state index contributed by atoms with van der Waals surface area (Å²) in [4.78, 5) is 12.7. The Bertz CT molecular complexity index is 710. The first-order valence-electron chi connectivity index (χ1n) is 6.77. The van der Waals surface area contributed by atoms with E-state index < -0.39 is 5.60 Å². The van der Waals surface area contributed by atoms with Crippen LogP contribution in [0.2, 0.25) is 0 Å². The third-order valence-corrected chi connectivity index (χ3v) is 4.26. The van der Waals surface area contributed by atoms with E-state index in [0.717, 1.165) is 23.1 Å². The highest BCUT2D eigenvalue weighted by Crippen LogP contribution is 2.56. The molecule has 2 nitrogen and oxygen atoms in total. The van der Waals surface area contributed by atoms with Crippen molar-refractivity contribution < 1.29 is 13.9 Å². The molecule has 1 saturated heterocycles. The van der Waals surface area contributed by atoms with Crippen LogP contribution in [-0.4, -0.2) is 11.4 Å². The van der Waals surface area contributed by atoms with Gasteiger partial charge in [-0.05, 0) is 36.1 Å². The van der Waals surface area contributed by atoms with E-state index in [0.29, 0.717) is 6.42 Å². The van der Waals surface area contributed by atoms with Gasteiger partial charge < -0.3 is 4.74 Å². The number of benzene rings is 2. The molecule has 1 spiro atoms. The Morgan fingerprint density at radius 3 is 2.85 bits per heavy atom. The number of halogens is 1. The molecule has 4 rings (SSSR count). The second kappa shape index (κ2) is 4.00. The summed E-state index contributed by atoms with van der Waals surface area (Å²) in [5.74, 6) is -0.259. The molecule has 2 unspecified atom stereocenters. The zero-order valence-electron chi connectivity index (χ0n) is 10.8. The Morgan fingerprint density at radius 1 is 1.15 bits per heavy atom. The second-order valence-electron chi connectivity index (χ2n) is 5.43. The number of carbonyl (C=O) groups excluding carboxylic acids is 1. The van der Waals surface area contributed by atoms with E-state index in [4.69, 9.17) is 4.74 Å². The lowest BCUT2D eigenvalue weighted by Crippen LogP contribution is -2.31. The van der Waals surface area contributed by atoms with Gasteiger partial charge in [-0.25, -0.2) is 4.39 Å². The highest BCUT2D eigenvalue weighted by molar-refractivity contribution is 6.07. The molecule has 0 aromatic heterocycles. The normalized spacial score (nSPS) is 27.4. The first-order valence-corrected chi connectivity index (χ1v) is 6.77. The highest BCUT2D eigenvalue weighted by atomic mass is 19.1. The number of fused-ring (bicyclic) bond motifs is 1. The van der Waals surface area contributed by atoms with Crippen LogP contribution in [0.3, 0.4) is 0 Å². The van der Waals surface area contributed by atoms with Crippen LogP contribution in [0.1, 0.15) is 34.0 Å². The van der Waals surface area contributed by atoms with Crippen molar-refractivity contribution >= 4 is 5.78 Å². The zero-order chi connectivity index (χ0) is 13.7. The first-order chi connectivity index (χ1) is 9.71. The average molecular weight is 268 g/mol. The molecule has 20 heavy (non-hydrogen) atoms. The fourth-order valence-electron chi connectivity index (χ4n) is 3.17. The Balaban J connectivity index is 1.71. The van der Waals surface area contributed by atoms with Gasteiger partial charge in [0.05, 0.1) is 0 Å². The molecule has 1 aliphatic carbocycles. The van der Waals surface area contributed by atoms with Crippen LogP contribution < -0.4 is 0 Å². The van der Waals surface area contributed by atoms with Crippen LogP contribution in [0.4, 0.5) is 4.39 Å². The minimum absolute atomic E-state index is 0.0358. The molecule has 0 N–H and O–H groups in total. The highest BCUT2D eigenvalue weighted by Gasteiger charge is 2.63. The molecular formula is C17H13FO2. The van der Waals surface area contributed by atoms with Crippen LogP contribution in [-0.2, 0) is 11.2 Å². The van der Waals surface area contributed by atoms with Gasteiger partial charge in [0, 0.05) is 5.56 Å². The number of aryl methyl sites for hydroxylation is 1. The fraction of sp³-hybridized carbons (Fsp3) is 0.235. The minimum Gasteiger partial charge on any atom is -0.352 e. The topological polar surface area (TPSA) is 29.6 Å². The average Bonchev–Trinajstić information content (AvgIpc) is 3.19. The van der Waals surface area contributed by atoms with Gasteiger partial charge in [-0.3, -0.25) is 4.79 Å². The summed E-state index contributed by atoms with van der Waals surface area (Å²) in [7, 11) is 0. The molecule has 0 saturated carbocycles. The summed E-state index contributed by atoms with van der Waals surface area (Å²) in [6.45, 7) is 0. The van der Waals surface area contributed by atoms with Crippen molar-refractivity contribution in [2.45, 2.75) is 24.5 Å². The lowest BCUT2D eigenvalue weighted by molar-refractivity contribution is 0.0850. The van der Waals surface area contributed by atoms with Gasteiger partial charge in [0.25, 0.3) is 0 Å². The molecule has 1 fully saturated rings. The molecule has 2 aliphatic rings. The summed E-state index contributed by atoms with van der Waals surface area (Å²) in [6, 6.07) is 14.0. The molecule has 1 heterocycles. The van der Waals surface area contributed by atoms with E-state index >= 15 is 0 Å². The molecule has 0 amide bonds. The van der Waals surface area contributed by atoms with Crippen LogP contribution in [0.5, 0.6) is 0 Å². The smallest absolute Gasteiger partial charge is 0.198 e. The summed E-state index contributed by atoms with van der Waals surface area (Å²) in [5.41, 5.74) is 1.81. The number of ether oxygens (including phenoxy) is 1. The third-order valence-electron chi connectivity index (χ3n) is 4.26. The van der Waals surface area contributed by atoms with Crippen LogP contribution >= 0.6 is 0 Å². The van der Waals surface area contributed by atoms with E-state index in [1.54, 1.807) is 6.07 Å². The number of carbonyl (C=O) groups is 1. The maximum Gasteiger partial charge on any atom is 0.198 e. The maximum atomic E-state index is 13.3. The van der Waals surface area contributed by atoms with Gasteiger partial charge >= 0.3 is 0 Å². The van der Waals surface area contributed by atoms with Crippen molar-refractivity contribution in [1.29, 1.82) is 0 Å². The summed E-state index contributed by atoms with van der Waals surface area (Å²) >= 11 is 0. The Morgan fingerprint density at radius 2 is 2.00 bits per heavy atom. The number of hydrogen-bond acceptors (Lipinski definition) is 2. The standard InChI is InChI=1S/C17H13FO2/c18-13-6-3-5-12(10-13)16-17(20-16)9-8-11-4-1-2-7-14(11)15(17)19/h1-7,10,16H,8-9H2. The van der Waals surface area contributed by atoms with Crippen molar-refractivity contribution in [3.63, 3.8) is 0 Å². The van der Waals surface area contributed by atoms with Gasteiger partial charge in [0.1, 0.15) is 11.9 Å². The quantitative estimate of drug-likeness (QED) is 0.741. The van der Waals surface area contributed by atoms with E-state index in [9.17, 15) is 9.18 Å². The molecule has 2 atom stereocenters. The summed E-state index contributed by atoms with van der Waals surface area (Å²) in [6.07, 6.45) is 1.19. The number of ketones is 1. The SMILES string of the molecule is O=C1c2ccccc2CCC12OC2c1cccc(F)c1.